The molecule has 2 aromatic rings. The molecular weight excluding hydrogens is 536 g/mol. The number of carbonyl (C=O) groups excluding carboxylic acids is 1. The van der Waals surface area contributed by atoms with Gasteiger partial charge in [0.1, 0.15) is 5.82 Å². The Hall–Kier alpha value is -2.25. The minimum Gasteiger partial charge on any atom is -0.352 e. The third-order valence-corrected chi connectivity index (χ3v) is 5.20. The van der Waals surface area contributed by atoms with Crippen LogP contribution in [0.5, 0.6) is 0 Å². The SMILES string of the molecule is Cc1ccc(CN=C(NCC(=O)N(C)C)NCc2ccc(S(N)(=O)=O)cc2)cc1F.I. The summed E-state index contributed by atoms with van der Waals surface area (Å²) in [6, 6.07) is 11.0. The summed E-state index contributed by atoms with van der Waals surface area (Å²) in [5, 5.41) is 11.1. The highest BCUT2D eigenvalue weighted by Gasteiger charge is 2.09. The van der Waals surface area contributed by atoms with Crippen LogP contribution in [0, 0.1) is 12.7 Å². The molecule has 0 aliphatic carbocycles. The van der Waals surface area contributed by atoms with Crippen LogP contribution < -0.4 is 15.8 Å². The number of likely N-dealkylation sites (N-methyl/N-ethyl adjacent to an activating group) is 1. The normalized spacial score (nSPS) is 11.5. The van der Waals surface area contributed by atoms with Crippen LogP contribution in [0.4, 0.5) is 4.39 Å². The number of benzene rings is 2. The first-order valence-electron chi connectivity index (χ1n) is 9.15. The fourth-order valence-electron chi connectivity index (χ4n) is 2.38. The van der Waals surface area contributed by atoms with E-state index in [1.807, 2.05) is 0 Å². The quantitative estimate of drug-likeness (QED) is 0.270. The predicted octanol–water partition coefficient (Wildman–Crippen LogP) is 1.72. The van der Waals surface area contributed by atoms with Gasteiger partial charge in [-0.2, -0.15) is 0 Å². The van der Waals surface area contributed by atoms with E-state index in [1.54, 1.807) is 45.3 Å². The fraction of sp³-hybridized carbons (Fsp3) is 0.300. The minimum absolute atomic E-state index is 0. The van der Waals surface area contributed by atoms with Crippen molar-refractivity contribution in [2.45, 2.75) is 24.9 Å². The molecule has 0 aliphatic heterocycles. The van der Waals surface area contributed by atoms with Crippen LogP contribution in [0.3, 0.4) is 0 Å². The Labute approximate surface area is 199 Å². The van der Waals surface area contributed by atoms with Gasteiger partial charge in [0, 0.05) is 20.6 Å². The summed E-state index contributed by atoms with van der Waals surface area (Å²) in [4.78, 5) is 17.8. The Bertz CT molecular complexity index is 1030. The van der Waals surface area contributed by atoms with Gasteiger partial charge in [0.05, 0.1) is 18.0 Å². The zero-order valence-corrected chi connectivity index (χ0v) is 20.7. The maximum atomic E-state index is 13.8. The molecule has 31 heavy (non-hydrogen) atoms. The number of aryl methyl sites for hydroxylation is 1. The molecule has 0 fully saturated rings. The summed E-state index contributed by atoms with van der Waals surface area (Å²) >= 11 is 0. The molecule has 8 nitrogen and oxygen atoms in total. The molecule has 0 saturated heterocycles. The van der Waals surface area contributed by atoms with Gasteiger partial charge in [-0.1, -0.05) is 24.3 Å². The van der Waals surface area contributed by atoms with Gasteiger partial charge in [-0.25, -0.2) is 22.9 Å². The lowest BCUT2D eigenvalue weighted by molar-refractivity contribution is -0.127. The lowest BCUT2D eigenvalue weighted by Gasteiger charge is -2.15. The van der Waals surface area contributed by atoms with Crippen LogP contribution in [-0.4, -0.2) is 45.8 Å². The maximum Gasteiger partial charge on any atom is 0.241 e. The molecule has 0 bridgehead atoms. The van der Waals surface area contributed by atoms with Crippen LogP contribution in [0.25, 0.3) is 0 Å². The monoisotopic (exact) mass is 563 g/mol. The first kappa shape index (κ1) is 26.8. The molecule has 170 valence electrons. The van der Waals surface area contributed by atoms with Crippen LogP contribution in [0.15, 0.2) is 52.4 Å². The summed E-state index contributed by atoms with van der Waals surface area (Å²) in [5.74, 6) is -0.0759. The van der Waals surface area contributed by atoms with Crippen molar-refractivity contribution >= 4 is 45.9 Å². The lowest BCUT2D eigenvalue weighted by Crippen LogP contribution is -2.42. The van der Waals surface area contributed by atoms with Gasteiger partial charge in [-0.15, -0.1) is 24.0 Å². The first-order chi connectivity index (χ1) is 14.1. The number of guanidine groups is 1. The Balaban J connectivity index is 0.00000480. The third kappa shape index (κ3) is 8.79. The number of sulfonamides is 1. The molecule has 0 aliphatic rings. The second-order valence-electron chi connectivity index (χ2n) is 6.93. The highest BCUT2D eigenvalue weighted by atomic mass is 127. The van der Waals surface area contributed by atoms with Gasteiger partial charge in [0.25, 0.3) is 0 Å². The van der Waals surface area contributed by atoms with Crippen LogP contribution in [-0.2, 0) is 27.9 Å². The van der Waals surface area contributed by atoms with Gasteiger partial charge >= 0.3 is 0 Å². The molecule has 0 saturated carbocycles. The van der Waals surface area contributed by atoms with Crippen molar-refractivity contribution < 1.29 is 17.6 Å². The Morgan fingerprint density at radius 3 is 2.26 bits per heavy atom. The van der Waals surface area contributed by atoms with Gasteiger partial charge in [0.15, 0.2) is 5.96 Å². The molecule has 0 radical (unpaired) electrons. The van der Waals surface area contributed by atoms with E-state index in [0.29, 0.717) is 23.6 Å². The number of nitrogens with one attached hydrogen (secondary N) is 2. The number of nitrogens with zero attached hydrogens (tertiary/aromatic N) is 2. The van der Waals surface area contributed by atoms with E-state index in [4.69, 9.17) is 5.14 Å². The summed E-state index contributed by atoms with van der Waals surface area (Å²) in [6.07, 6.45) is 0. The van der Waals surface area contributed by atoms with Crippen LogP contribution in [0.1, 0.15) is 16.7 Å². The summed E-state index contributed by atoms with van der Waals surface area (Å²) in [7, 11) is -0.454. The van der Waals surface area contributed by atoms with E-state index in [9.17, 15) is 17.6 Å². The number of rotatable bonds is 7. The van der Waals surface area contributed by atoms with Gasteiger partial charge in [-0.05, 0) is 41.8 Å². The van der Waals surface area contributed by atoms with Crippen molar-refractivity contribution in [2.75, 3.05) is 20.6 Å². The van der Waals surface area contributed by atoms with Crippen molar-refractivity contribution in [1.82, 2.24) is 15.5 Å². The Morgan fingerprint density at radius 2 is 1.71 bits per heavy atom. The van der Waals surface area contributed by atoms with E-state index in [1.165, 1.54) is 23.1 Å². The Morgan fingerprint density at radius 1 is 1.10 bits per heavy atom. The molecule has 0 heterocycles. The highest BCUT2D eigenvalue weighted by molar-refractivity contribution is 14.0. The van der Waals surface area contributed by atoms with Crippen LogP contribution in [0.2, 0.25) is 0 Å². The van der Waals surface area contributed by atoms with E-state index in [0.717, 1.165) is 5.56 Å². The minimum atomic E-state index is -3.75. The van der Waals surface area contributed by atoms with Crippen molar-refractivity contribution in [1.29, 1.82) is 0 Å². The number of hydrogen-bond acceptors (Lipinski definition) is 4. The average Bonchev–Trinajstić information content (AvgIpc) is 2.69. The molecule has 4 N–H and O–H groups in total. The molecule has 11 heteroatoms. The van der Waals surface area contributed by atoms with Crippen molar-refractivity contribution in [3.05, 3.63) is 65.0 Å². The van der Waals surface area contributed by atoms with Crippen molar-refractivity contribution in [2.24, 2.45) is 10.1 Å². The fourth-order valence-corrected chi connectivity index (χ4v) is 2.90. The number of halogens is 2. The van der Waals surface area contributed by atoms with Gasteiger partial charge in [-0.3, -0.25) is 4.79 Å². The molecule has 2 aromatic carbocycles. The van der Waals surface area contributed by atoms with Crippen molar-refractivity contribution in [3.8, 4) is 0 Å². The summed E-state index contributed by atoms with van der Waals surface area (Å²) < 4.78 is 36.4. The topological polar surface area (TPSA) is 117 Å². The van der Waals surface area contributed by atoms with E-state index in [2.05, 4.69) is 15.6 Å². The molecule has 0 spiro atoms. The summed E-state index contributed by atoms with van der Waals surface area (Å²) in [5.41, 5.74) is 2.03. The second kappa shape index (κ2) is 12.0. The molecule has 0 aromatic heterocycles. The highest BCUT2D eigenvalue weighted by Crippen LogP contribution is 2.10. The number of primary sulfonamides is 1. The second-order valence-corrected chi connectivity index (χ2v) is 8.49. The largest absolute Gasteiger partial charge is 0.352 e. The first-order valence-corrected chi connectivity index (χ1v) is 10.7. The predicted molar refractivity (Wildman–Crippen MR) is 129 cm³/mol. The van der Waals surface area contributed by atoms with Crippen molar-refractivity contribution in [3.63, 3.8) is 0 Å². The number of amides is 1. The van der Waals surface area contributed by atoms with E-state index >= 15 is 0 Å². The number of hydrogen-bond donors (Lipinski definition) is 3. The summed E-state index contributed by atoms with van der Waals surface area (Å²) in [6.45, 7) is 2.26. The standard InChI is InChI=1S/C20H26FN5O3S.HI/c1-14-4-5-16(10-18(14)21)12-24-20(25-13-19(27)26(2)3)23-11-15-6-8-17(9-7-15)30(22,28)29;/h4-10H,11-13H2,1-3H3,(H2,22,28,29)(H2,23,24,25);1H. The van der Waals surface area contributed by atoms with Crippen LogP contribution >= 0.6 is 24.0 Å². The van der Waals surface area contributed by atoms with Gasteiger partial charge < -0.3 is 15.5 Å². The maximum absolute atomic E-state index is 13.8. The molecule has 1 amide bonds. The molecular formula is C20H27FIN5O3S. The smallest absolute Gasteiger partial charge is 0.241 e. The van der Waals surface area contributed by atoms with E-state index < -0.39 is 10.0 Å². The van der Waals surface area contributed by atoms with Gasteiger partial charge in [0.2, 0.25) is 15.9 Å². The number of nitrogens with two attached hydrogens (primary N) is 1. The average molecular weight is 563 g/mol. The lowest BCUT2D eigenvalue weighted by atomic mass is 10.1. The Kier molecular flexibility index (Phi) is 10.3. The third-order valence-electron chi connectivity index (χ3n) is 4.27. The zero-order valence-electron chi connectivity index (χ0n) is 17.6. The molecule has 2 rings (SSSR count). The number of carbonyl (C=O) groups is 1. The zero-order chi connectivity index (χ0) is 22.3. The molecule has 0 unspecified atom stereocenters. The molecule has 0 atom stereocenters. The number of aliphatic imine (C=N–C) groups is 1. The van der Waals surface area contributed by atoms with E-state index in [-0.39, 0.29) is 53.7 Å².